The highest BCUT2D eigenvalue weighted by Gasteiger charge is 2.29. The van der Waals surface area contributed by atoms with Gasteiger partial charge in [-0.3, -0.25) is 4.79 Å². The number of hydrogen-bond donors (Lipinski definition) is 2. The number of thioether (sulfide) groups is 1. The van der Waals surface area contributed by atoms with Gasteiger partial charge in [-0.05, 0) is 24.5 Å². The maximum absolute atomic E-state index is 12.2. The first kappa shape index (κ1) is 14.4. The summed E-state index contributed by atoms with van der Waals surface area (Å²) in [7, 11) is 1.59. The summed E-state index contributed by atoms with van der Waals surface area (Å²) in [6.07, 6.45) is 1.29. The highest BCUT2D eigenvalue weighted by molar-refractivity contribution is 8.01. The maximum Gasteiger partial charge on any atom is 0.234 e. The number of carbonyl (C=O) groups is 1. The van der Waals surface area contributed by atoms with E-state index in [1.807, 2.05) is 18.2 Å². The van der Waals surface area contributed by atoms with Gasteiger partial charge in [-0.15, -0.1) is 11.8 Å². The first-order valence-electron chi connectivity index (χ1n) is 6.39. The molecular formula is C14H19NO3S. The molecule has 0 radical (unpaired) electrons. The van der Waals surface area contributed by atoms with E-state index in [-0.39, 0.29) is 23.8 Å². The summed E-state index contributed by atoms with van der Waals surface area (Å²) in [4.78, 5) is 13.4. The zero-order valence-corrected chi connectivity index (χ0v) is 11.8. The zero-order chi connectivity index (χ0) is 13.7. The van der Waals surface area contributed by atoms with Crippen molar-refractivity contribution in [3.8, 4) is 0 Å². The van der Waals surface area contributed by atoms with Crippen molar-refractivity contribution in [3.63, 3.8) is 0 Å². The third-order valence-electron chi connectivity index (χ3n) is 3.13. The van der Waals surface area contributed by atoms with Gasteiger partial charge < -0.3 is 15.2 Å². The number of methoxy groups -OCH3 is 1. The predicted molar refractivity (Wildman–Crippen MR) is 75.3 cm³/mol. The van der Waals surface area contributed by atoms with Gasteiger partial charge in [-0.1, -0.05) is 18.2 Å². The number of rotatable bonds is 6. The molecule has 1 aromatic rings. The lowest BCUT2D eigenvalue weighted by Gasteiger charge is -2.19. The van der Waals surface area contributed by atoms with Gasteiger partial charge in [0.15, 0.2) is 0 Å². The molecule has 1 aliphatic heterocycles. The summed E-state index contributed by atoms with van der Waals surface area (Å²) in [5.41, 5.74) is 1.23. The van der Waals surface area contributed by atoms with Gasteiger partial charge in [-0.2, -0.15) is 0 Å². The summed E-state index contributed by atoms with van der Waals surface area (Å²) >= 11 is 1.61. The molecule has 0 fully saturated rings. The predicted octanol–water partition coefficient (Wildman–Crippen LogP) is 1.22. The first-order chi connectivity index (χ1) is 9.24. The fourth-order valence-electron chi connectivity index (χ4n) is 2.18. The lowest BCUT2D eigenvalue weighted by atomic mass is 10.1. The van der Waals surface area contributed by atoms with Crippen LogP contribution in [0.2, 0.25) is 0 Å². The van der Waals surface area contributed by atoms with Gasteiger partial charge in [0.25, 0.3) is 0 Å². The molecule has 0 aromatic heterocycles. The molecule has 1 amide bonds. The summed E-state index contributed by atoms with van der Waals surface area (Å²) in [5.74, 6) is 0.0247. The average Bonchev–Trinajstić information content (AvgIpc) is 2.83. The van der Waals surface area contributed by atoms with Crippen LogP contribution in [0, 0.1) is 0 Å². The third-order valence-corrected chi connectivity index (χ3v) is 4.45. The number of amides is 1. The summed E-state index contributed by atoms with van der Waals surface area (Å²) in [6, 6.07) is 7.99. The topological polar surface area (TPSA) is 58.6 Å². The monoisotopic (exact) mass is 281 g/mol. The van der Waals surface area contributed by atoms with Crippen LogP contribution in [0.25, 0.3) is 0 Å². The Morgan fingerprint density at radius 2 is 2.37 bits per heavy atom. The van der Waals surface area contributed by atoms with Gasteiger partial charge >= 0.3 is 0 Å². The zero-order valence-electron chi connectivity index (χ0n) is 11.0. The second kappa shape index (κ2) is 6.93. The maximum atomic E-state index is 12.2. The normalized spacial score (nSPS) is 18.9. The fourth-order valence-corrected chi connectivity index (χ4v) is 3.38. The Morgan fingerprint density at radius 1 is 1.58 bits per heavy atom. The van der Waals surface area contributed by atoms with E-state index in [1.54, 1.807) is 18.9 Å². The summed E-state index contributed by atoms with van der Waals surface area (Å²) in [5, 5.41) is 11.8. The van der Waals surface area contributed by atoms with Crippen molar-refractivity contribution in [2.45, 2.75) is 29.0 Å². The second-order valence-corrected chi connectivity index (χ2v) is 5.84. The molecule has 19 heavy (non-hydrogen) atoms. The van der Waals surface area contributed by atoms with Crippen LogP contribution in [0.5, 0.6) is 0 Å². The molecule has 0 saturated carbocycles. The van der Waals surface area contributed by atoms with E-state index in [1.165, 1.54) is 10.5 Å². The smallest absolute Gasteiger partial charge is 0.234 e. The Hall–Kier alpha value is -1.04. The number of fused-ring (bicyclic) bond motifs is 1. The molecule has 0 bridgehead atoms. The van der Waals surface area contributed by atoms with Crippen LogP contribution in [0.1, 0.15) is 12.0 Å². The third kappa shape index (κ3) is 3.72. The Kier molecular flexibility index (Phi) is 5.24. The summed E-state index contributed by atoms with van der Waals surface area (Å²) < 4.78 is 5.05. The molecule has 104 valence electrons. The molecule has 1 heterocycles. The van der Waals surface area contributed by atoms with E-state index < -0.39 is 0 Å². The van der Waals surface area contributed by atoms with Crippen molar-refractivity contribution in [1.29, 1.82) is 0 Å². The van der Waals surface area contributed by atoms with Crippen molar-refractivity contribution in [2.75, 3.05) is 20.3 Å². The van der Waals surface area contributed by atoms with E-state index in [2.05, 4.69) is 11.4 Å². The minimum atomic E-state index is -0.119. The molecule has 4 nitrogen and oxygen atoms in total. The Balaban J connectivity index is 1.91. The number of carbonyl (C=O) groups excluding carboxylic acids is 1. The number of ether oxygens (including phenoxy) is 1. The number of nitrogens with one attached hydrogen (secondary N) is 1. The number of aliphatic hydroxyl groups is 1. The molecule has 1 aliphatic rings. The second-order valence-electron chi connectivity index (χ2n) is 4.59. The number of hydrogen-bond acceptors (Lipinski definition) is 4. The van der Waals surface area contributed by atoms with Gasteiger partial charge in [0.2, 0.25) is 5.91 Å². The Morgan fingerprint density at radius 3 is 3.05 bits per heavy atom. The van der Waals surface area contributed by atoms with E-state index in [0.29, 0.717) is 13.0 Å². The minimum Gasteiger partial charge on any atom is -0.396 e. The van der Waals surface area contributed by atoms with Crippen LogP contribution in [0.4, 0.5) is 0 Å². The standard InChI is InChI=1S/C14H19NO3S/c1-18-9-11(6-7-16)15-14(17)13-8-10-4-2-3-5-12(10)19-13/h2-5,11,13,16H,6-9H2,1H3,(H,15,17). The van der Waals surface area contributed by atoms with Crippen molar-refractivity contribution in [2.24, 2.45) is 0 Å². The van der Waals surface area contributed by atoms with Crippen molar-refractivity contribution >= 4 is 17.7 Å². The Labute approximate surface area is 117 Å². The highest BCUT2D eigenvalue weighted by atomic mass is 32.2. The van der Waals surface area contributed by atoms with Crippen LogP contribution in [0.3, 0.4) is 0 Å². The molecule has 2 N–H and O–H groups in total. The van der Waals surface area contributed by atoms with Crippen LogP contribution in [-0.2, 0) is 16.0 Å². The van der Waals surface area contributed by atoms with Crippen molar-refractivity contribution in [3.05, 3.63) is 29.8 Å². The van der Waals surface area contributed by atoms with E-state index >= 15 is 0 Å². The van der Waals surface area contributed by atoms with Gasteiger partial charge in [0.1, 0.15) is 0 Å². The molecule has 2 unspecified atom stereocenters. The van der Waals surface area contributed by atoms with Crippen LogP contribution < -0.4 is 5.32 Å². The Bertz CT molecular complexity index is 407. The molecule has 1 aromatic carbocycles. The van der Waals surface area contributed by atoms with E-state index in [9.17, 15) is 4.79 Å². The molecule has 0 spiro atoms. The van der Waals surface area contributed by atoms with E-state index in [0.717, 1.165) is 6.42 Å². The molecule has 2 atom stereocenters. The number of benzene rings is 1. The molecule has 2 rings (SSSR count). The van der Waals surface area contributed by atoms with Crippen LogP contribution in [0.15, 0.2) is 29.2 Å². The van der Waals surface area contributed by atoms with E-state index in [4.69, 9.17) is 9.84 Å². The van der Waals surface area contributed by atoms with Gasteiger partial charge in [0, 0.05) is 18.6 Å². The lowest BCUT2D eigenvalue weighted by Crippen LogP contribution is -2.43. The first-order valence-corrected chi connectivity index (χ1v) is 7.27. The van der Waals surface area contributed by atoms with Gasteiger partial charge in [0.05, 0.1) is 17.9 Å². The van der Waals surface area contributed by atoms with Crippen LogP contribution in [-0.4, -0.2) is 42.6 Å². The van der Waals surface area contributed by atoms with Crippen molar-refractivity contribution in [1.82, 2.24) is 5.32 Å². The minimum absolute atomic E-state index is 0.0247. The molecular weight excluding hydrogens is 262 g/mol. The van der Waals surface area contributed by atoms with Gasteiger partial charge in [-0.25, -0.2) is 0 Å². The molecule has 0 saturated heterocycles. The fraction of sp³-hybridized carbons (Fsp3) is 0.500. The quantitative estimate of drug-likeness (QED) is 0.823. The SMILES string of the molecule is COCC(CCO)NC(=O)C1Cc2ccccc2S1. The summed E-state index contributed by atoms with van der Waals surface area (Å²) in [6.45, 7) is 0.475. The van der Waals surface area contributed by atoms with Crippen LogP contribution >= 0.6 is 11.8 Å². The highest BCUT2D eigenvalue weighted by Crippen LogP contribution is 2.36. The largest absolute Gasteiger partial charge is 0.396 e. The van der Waals surface area contributed by atoms with Crippen molar-refractivity contribution < 1.29 is 14.6 Å². The number of aliphatic hydroxyl groups excluding tert-OH is 1. The molecule has 5 heteroatoms. The average molecular weight is 281 g/mol. The lowest BCUT2D eigenvalue weighted by molar-refractivity contribution is -0.121. The molecule has 0 aliphatic carbocycles.